The Bertz CT molecular complexity index is 391. The molecule has 1 aromatic carbocycles. The monoisotopic (exact) mass is 253 g/mol. The predicted molar refractivity (Wildman–Crippen MR) is 68.3 cm³/mol. The van der Waals surface area contributed by atoms with E-state index in [1.165, 1.54) is 6.07 Å². The second kappa shape index (κ2) is 6.16. The molecule has 0 aromatic heterocycles. The van der Waals surface area contributed by atoms with Crippen LogP contribution in [0.2, 0.25) is 0 Å². The van der Waals surface area contributed by atoms with E-state index in [2.05, 4.69) is 5.32 Å². The van der Waals surface area contributed by atoms with Crippen molar-refractivity contribution in [3.05, 3.63) is 29.6 Å². The van der Waals surface area contributed by atoms with Crippen LogP contribution < -0.4 is 10.1 Å². The van der Waals surface area contributed by atoms with Crippen molar-refractivity contribution < 1.29 is 13.9 Å². The van der Waals surface area contributed by atoms with Crippen molar-refractivity contribution >= 4 is 0 Å². The van der Waals surface area contributed by atoms with Gasteiger partial charge in [-0.2, -0.15) is 0 Å². The Morgan fingerprint density at radius 1 is 1.50 bits per heavy atom. The Kier molecular flexibility index (Phi) is 4.55. The lowest BCUT2D eigenvalue weighted by molar-refractivity contribution is 0.00586. The summed E-state index contributed by atoms with van der Waals surface area (Å²) in [7, 11) is 1.85. The zero-order chi connectivity index (χ0) is 13.0. The van der Waals surface area contributed by atoms with Gasteiger partial charge in [0.1, 0.15) is 6.10 Å². The standard InChI is InChI=1S/C14H20FNO2/c1-10(16-2)11-5-6-14(13(15)8-11)18-12-4-3-7-17-9-12/h5-6,8,10,12,16H,3-4,7,9H2,1-2H3. The molecule has 0 amide bonds. The predicted octanol–water partition coefficient (Wildman–Crippen LogP) is 2.66. The molecule has 1 saturated heterocycles. The van der Waals surface area contributed by atoms with Crippen molar-refractivity contribution in [3.63, 3.8) is 0 Å². The van der Waals surface area contributed by atoms with Gasteiger partial charge < -0.3 is 14.8 Å². The molecule has 2 unspecified atom stereocenters. The van der Waals surface area contributed by atoms with Crippen LogP contribution in [0, 0.1) is 5.82 Å². The molecule has 18 heavy (non-hydrogen) atoms. The summed E-state index contributed by atoms with van der Waals surface area (Å²) < 4.78 is 24.9. The molecule has 0 aliphatic carbocycles. The second-order valence-corrected chi connectivity index (χ2v) is 4.66. The molecule has 4 heteroatoms. The van der Waals surface area contributed by atoms with Gasteiger partial charge in [-0.25, -0.2) is 4.39 Å². The van der Waals surface area contributed by atoms with Crippen LogP contribution in [-0.2, 0) is 4.74 Å². The molecule has 1 aliphatic rings. The van der Waals surface area contributed by atoms with Crippen LogP contribution in [0.5, 0.6) is 5.75 Å². The lowest BCUT2D eigenvalue weighted by Gasteiger charge is -2.23. The van der Waals surface area contributed by atoms with Gasteiger partial charge in [0.05, 0.1) is 6.61 Å². The molecule has 0 saturated carbocycles. The van der Waals surface area contributed by atoms with Crippen LogP contribution in [-0.4, -0.2) is 26.4 Å². The zero-order valence-corrected chi connectivity index (χ0v) is 10.9. The van der Waals surface area contributed by atoms with Crippen molar-refractivity contribution in [2.45, 2.75) is 31.9 Å². The Balaban J connectivity index is 2.04. The fourth-order valence-electron chi connectivity index (χ4n) is 2.03. The first-order valence-corrected chi connectivity index (χ1v) is 6.42. The Labute approximate surface area is 107 Å². The van der Waals surface area contributed by atoms with E-state index < -0.39 is 0 Å². The highest BCUT2D eigenvalue weighted by molar-refractivity contribution is 5.31. The summed E-state index contributed by atoms with van der Waals surface area (Å²) in [5, 5.41) is 3.08. The zero-order valence-electron chi connectivity index (χ0n) is 10.9. The molecule has 0 spiro atoms. The summed E-state index contributed by atoms with van der Waals surface area (Å²) in [4.78, 5) is 0. The van der Waals surface area contributed by atoms with Crippen LogP contribution >= 0.6 is 0 Å². The third-order valence-electron chi connectivity index (χ3n) is 3.30. The summed E-state index contributed by atoms with van der Waals surface area (Å²) in [6.07, 6.45) is 1.87. The number of rotatable bonds is 4. The first-order chi connectivity index (χ1) is 8.70. The summed E-state index contributed by atoms with van der Waals surface area (Å²) in [6.45, 7) is 3.32. The molecular weight excluding hydrogens is 233 g/mol. The average molecular weight is 253 g/mol. The van der Waals surface area contributed by atoms with E-state index in [4.69, 9.17) is 9.47 Å². The molecule has 1 aliphatic heterocycles. The molecule has 1 fully saturated rings. The minimum Gasteiger partial charge on any atom is -0.485 e. The lowest BCUT2D eigenvalue weighted by Crippen LogP contribution is -2.28. The second-order valence-electron chi connectivity index (χ2n) is 4.66. The number of ether oxygens (including phenoxy) is 2. The first kappa shape index (κ1) is 13.3. The molecule has 3 nitrogen and oxygen atoms in total. The molecule has 1 heterocycles. The van der Waals surface area contributed by atoms with Gasteiger partial charge in [-0.3, -0.25) is 0 Å². The largest absolute Gasteiger partial charge is 0.485 e. The Morgan fingerprint density at radius 2 is 2.33 bits per heavy atom. The van der Waals surface area contributed by atoms with Crippen LogP contribution in [0.15, 0.2) is 18.2 Å². The van der Waals surface area contributed by atoms with Gasteiger partial charge >= 0.3 is 0 Å². The summed E-state index contributed by atoms with van der Waals surface area (Å²) >= 11 is 0. The summed E-state index contributed by atoms with van der Waals surface area (Å²) in [6, 6.07) is 5.25. The van der Waals surface area contributed by atoms with Crippen LogP contribution in [0.25, 0.3) is 0 Å². The van der Waals surface area contributed by atoms with Gasteiger partial charge in [0.15, 0.2) is 11.6 Å². The van der Waals surface area contributed by atoms with Crippen LogP contribution in [0.1, 0.15) is 31.4 Å². The van der Waals surface area contributed by atoms with Gasteiger partial charge in [-0.05, 0) is 44.5 Å². The summed E-state index contributed by atoms with van der Waals surface area (Å²) in [5.74, 6) is 0.0118. The fraction of sp³-hybridized carbons (Fsp3) is 0.571. The Hall–Kier alpha value is -1.13. The summed E-state index contributed by atoms with van der Waals surface area (Å²) in [5.41, 5.74) is 0.919. The number of hydrogen-bond acceptors (Lipinski definition) is 3. The van der Waals surface area contributed by atoms with E-state index in [9.17, 15) is 4.39 Å². The molecular formula is C14H20FNO2. The highest BCUT2D eigenvalue weighted by Gasteiger charge is 2.17. The van der Waals surface area contributed by atoms with E-state index in [0.29, 0.717) is 12.4 Å². The number of benzene rings is 1. The van der Waals surface area contributed by atoms with Gasteiger partial charge in [0.2, 0.25) is 0 Å². The molecule has 100 valence electrons. The van der Waals surface area contributed by atoms with Crippen molar-refractivity contribution in [1.82, 2.24) is 5.32 Å². The number of nitrogens with one attached hydrogen (secondary N) is 1. The third kappa shape index (κ3) is 3.21. The normalized spacial score (nSPS) is 21.6. The smallest absolute Gasteiger partial charge is 0.165 e. The van der Waals surface area contributed by atoms with Crippen molar-refractivity contribution in [2.75, 3.05) is 20.3 Å². The van der Waals surface area contributed by atoms with E-state index in [-0.39, 0.29) is 18.0 Å². The molecule has 0 radical (unpaired) electrons. The molecule has 2 rings (SSSR count). The SMILES string of the molecule is CNC(C)c1ccc(OC2CCCOC2)c(F)c1. The maximum absolute atomic E-state index is 13.9. The maximum atomic E-state index is 13.9. The fourth-order valence-corrected chi connectivity index (χ4v) is 2.03. The average Bonchev–Trinajstić information content (AvgIpc) is 2.41. The quantitative estimate of drug-likeness (QED) is 0.895. The minimum absolute atomic E-state index is 0.0270. The van der Waals surface area contributed by atoms with Gasteiger partial charge in [-0.1, -0.05) is 6.07 Å². The van der Waals surface area contributed by atoms with E-state index in [0.717, 1.165) is 25.0 Å². The topological polar surface area (TPSA) is 30.5 Å². The van der Waals surface area contributed by atoms with Crippen molar-refractivity contribution in [1.29, 1.82) is 0 Å². The van der Waals surface area contributed by atoms with E-state index >= 15 is 0 Å². The van der Waals surface area contributed by atoms with Crippen molar-refractivity contribution in [2.24, 2.45) is 0 Å². The van der Waals surface area contributed by atoms with Crippen LogP contribution in [0.3, 0.4) is 0 Å². The molecule has 0 bridgehead atoms. The number of halogens is 1. The Morgan fingerprint density at radius 3 is 2.94 bits per heavy atom. The molecule has 2 atom stereocenters. The minimum atomic E-state index is -0.305. The highest BCUT2D eigenvalue weighted by Crippen LogP contribution is 2.24. The van der Waals surface area contributed by atoms with E-state index in [1.807, 2.05) is 20.0 Å². The van der Waals surface area contributed by atoms with E-state index in [1.54, 1.807) is 6.07 Å². The lowest BCUT2D eigenvalue weighted by atomic mass is 10.1. The van der Waals surface area contributed by atoms with Gasteiger partial charge in [0, 0.05) is 12.6 Å². The third-order valence-corrected chi connectivity index (χ3v) is 3.30. The molecule has 1 aromatic rings. The maximum Gasteiger partial charge on any atom is 0.165 e. The first-order valence-electron chi connectivity index (χ1n) is 6.42. The van der Waals surface area contributed by atoms with Gasteiger partial charge in [0.25, 0.3) is 0 Å². The van der Waals surface area contributed by atoms with Crippen molar-refractivity contribution in [3.8, 4) is 5.75 Å². The van der Waals surface area contributed by atoms with Gasteiger partial charge in [-0.15, -0.1) is 0 Å². The number of hydrogen-bond donors (Lipinski definition) is 1. The molecule has 1 N–H and O–H groups in total. The van der Waals surface area contributed by atoms with Crippen LogP contribution in [0.4, 0.5) is 4.39 Å². The highest BCUT2D eigenvalue weighted by atomic mass is 19.1.